The van der Waals surface area contributed by atoms with Crippen LogP contribution in [0.4, 0.5) is 19.0 Å². The molecule has 0 aliphatic rings. The Hall–Kier alpha value is -1.92. The molecule has 2 aromatic rings. The fourth-order valence-electron chi connectivity index (χ4n) is 1.80. The second-order valence-electron chi connectivity index (χ2n) is 5.27. The minimum atomic E-state index is -4.44. The molecule has 0 amide bonds. The van der Waals surface area contributed by atoms with Crippen LogP contribution in [0, 0.1) is 4.91 Å². The van der Waals surface area contributed by atoms with Crippen molar-refractivity contribution in [1.82, 2.24) is 9.38 Å². The Bertz CT molecular complexity index is 638. The molecular formula is C12H12F3N3O. The van der Waals surface area contributed by atoms with Crippen molar-refractivity contribution in [1.29, 1.82) is 0 Å². The van der Waals surface area contributed by atoms with Crippen LogP contribution in [-0.4, -0.2) is 9.38 Å². The van der Waals surface area contributed by atoms with Crippen LogP contribution in [0.15, 0.2) is 23.5 Å². The molecule has 19 heavy (non-hydrogen) atoms. The first-order valence-corrected chi connectivity index (χ1v) is 5.58. The van der Waals surface area contributed by atoms with Gasteiger partial charge in [0.1, 0.15) is 5.65 Å². The zero-order valence-corrected chi connectivity index (χ0v) is 10.6. The van der Waals surface area contributed by atoms with Crippen molar-refractivity contribution in [2.24, 2.45) is 5.18 Å². The molecule has 2 rings (SSSR count). The van der Waals surface area contributed by atoms with Crippen LogP contribution in [0.1, 0.15) is 32.0 Å². The molecule has 0 spiro atoms. The predicted octanol–water partition coefficient (Wildman–Crippen LogP) is 4.05. The van der Waals surface area contributed by atoms with Gasteiger partial charge in [0, 0.05) is 11.6 Å². The summed E-state index contributed by atoms with van der Waals surface area (Å²) < 4.78 is 39.1. The third-order valence-corrected chi connectivity index (χ3v) is 2.73. The van der Waals surface area contributed by atoms with Crippen LogP contribution < -0.4 is 0 Å². The molecule has 0 atom stereocenters. The van der Waals surface area contributed by atoms with Gasteiger partial charge in [-0.1, -0.05) is 20.8 Å². The predicted molar refractivity (Wildman–Crippen MR) is 64.3 cm³/mol. The summed E-state index contributed by atoms with van der Waals surface area (Å²) in [5.74, 6) is 0.0382. The molecule has 0 unspecified atom stereocenters. The Morgan fingerprint density at radius 1 is 1.26 bits per heavy atom. The first-order chi connectivity index (χ1) is 8.64. The fraction of sp³-hybridized carbons (Fsp3) is 0.417. The number of pyridine rings is 1. The zero-order chi connectivity index (χ0) is 14.4. The third kappa shape index (κ3) is 2.32. The first kappa shape index (κ1) is 13.5. The van der Waals surface area contributed by atoms with Gasteiger partial charge in [0.05, 0.1) is 11.3 Å². The summed E-state index contributed by atoms with van der Waals surface area (Å²) in [6.45, 7) is 5.44. The lowest BCUT2D eigenvalue weighted by Gasteiger charge is -2.14. The number of fused-ring (bicyclic) bond motifs is 1. The second kappa shape index (κ2) is 4.04. The zero-order valence-electron chi connectivity index (χ0n) is 10.6. The summed E-state index contributed by atoms with van der Waals surface area (Å²) >= 11 is 0. The second-order valence-corrected chi connectivity index (χ2v) is 5.27. The minimum absolute atomic E-state index is 0.0382. The van der Waals surface area contributed by atoms with Gasteiger partial charge in [-0.15, -0.1) is 4.91 Å². The molecule has 0 saturated heterocycles. The average molecular weight is 271 g/mol. The number of rotatable bonds is 1. The molecule has 2 aromatic heterocycles. The van der Waals surface area contributed by atoms with E-state index in [4.69, 9.17) is 0 Å². The van der Waals surface area contributed by atoms with Gasteiger partial charge in [0.2, 0.25) is 5.82 Å². The van der Waals surface area contributed by atoms with Gasteiger partial charge in [-0.05, 0) is 17.3 Å². The maximum Gasteiger partial charge on any atom is 0.416 e. The van der Waals surface area contributed by atoms with E-state index >= 15 is 0 Å². The van der Waals surface area contributed by atoms with E-state index in [0.29, 0.717) is 5.69 Å². The average Bonchev–Trinajstić information content (AvgIpc) is 2.64. The molecule has 0 saturated carbocycles. The molecule has 0 N–H and O–H groups in total. The standard InChI is InChI=1S/C12H12F3N3O/c1-11(2,3)9-10(17-19)18-5-4-7(12(13,14)15)6-8(18)16-9/h4-6H,1-3H3. The highest BCUT2D eigenvalue weighted by atomic mass is 19.4. The molecule has 0 aromatic carbocycles. The van der Waals surface area contributed by atoms with Gasteiger partial charge in [0.15, 0.2) is 0 Å². The van der Waals surface area contributed by atoms with Crippen LogP contribution in [0.2, 0.25) is 0 Å². The summed E-state index contributed by atoms with van der Waals surface area (Å²) in [5, 5.41) is 2.89. The largest absolute Gasteiger partial charge is 0.416 e. The molecule has 0 radical (unpaired) electrons. The van der Waals surface area contributed by atoms with Crippen LogP contribution in [0.5, 0.6) is 0 Å². The highest BCUT2D eigenvalue weighted by molar-refractivity contribution is 5.55. The summed E-state index contributed by atoms with van der Waals surface area (Å²) in [6, 6.07) is 1.81. The van der Waals surface area contributed by atoms with Crippen molar-refractivity contribution >= 4 is 11.5 Å². The van der Waals surface area contributed by atoms with Crippen molar-refractivity contribution in [3.05, 3.63) is 34.5 Å². The van der Waals surface area contributed by atoms with Crippen LogP contribution in [0.3, 0.4) is 0 Å². The molecule has 0 bridgehead atoms. The topological polar surface area (TPSA) is 46.7 Å². The van der Waals surface area contributed by atoms with Crippen LogP contribution in [0.25, 0.3) is 5.65 Å². The maximum absolute atomic E-state index is 12.6. The Labute approximate surface area is 107 Å². The van der Waals surface area contributed by atoms with E-state index in [1.54, 1.807) is 0 Å². The minimum Gasteiger partial charge on any atom is -0.281 e. The molecule has 7 heteroatoms. The lowest BCUT2D eigenvalue weighted by atomic mass is 9.92. The van der Waals surface area contributed by atoms with Crippen molar-refractivity contribution < 1.29 is 13.2 Å². The lowest BCUT2D eigenvalue weighted by Crippen LogP contribution is -2.11. The number of hydrogen-bond donors (Lipinski definition) is 0. The number of alkyl halides is 3. The Morgan fingerprint density at radius 2 is 1.89 bits per heavy atom. The van der Waals surface area contributed by atoms with E-state index in [1.165, 1.54) is 4.40 Å². The monoisotopic (exact) mass is 271 g/mol. The van der Waals surface area contributed by atoms with Crippen LogP contribution >= 0.6 is 0 Å². The van der Waals surface area contributed by atoms with Gasteiger partial charge in [-0.3, -0.25) is 4.40 Å². The molecule has 0 aliphatic carbocycles. The van der Waals surface area contributed by atoms with E-state index in [2.05, 4.69) is 10.2 Å². The molecule has 0 aliphatic heterocycles. The van der Waals surface area contributed by atoms with Crippen molar-refractivity contribution in [2.45, 2.75) is 32.4 Å². The maximum atomic E-state index is 12.6. The smallest absolute Gasteiger partial charge is 0.281 e. The van der Waals surface area contributed by atoms with E-state index in [-0.39, 0.29) is 11.5 Å². The third-order valence-electron chi connectivity index (χ3n) is 2.73. The van der Waals surface area contributed by atoms with E-state index in [9.17, 15) is 18.1 Å². The summed E-state index contributed by atoms with van der Waals surface area (Å²) in [5.41, 5.74) is -0.840. The molecule has 4 nitrogen and oxygen atoms in total. The Kier molecular flexibility index (Phi) is 2.87. The highest BCUT2D eigenvalue weighted by Gasteiger charge is 2.32. The molecule has 0 fully saturated rings. The molecular weight excluding hydrogens is 259 g/mol. The first-order valence-electron chi connectivity index (χ1n) is 5.58. The number of nitroso groups, excluding NO2 is 1. The van der Waals surface area contributed by atoms with Crippen molar-refractivity contribution in [3.63, 3.8) is 0 Å². The number of nitrogens with zero attached hydrogens (tertiary/aromatic N) is 3. The summed E-state index contributed by atoms with van der Waals surface area (Å²) in [4.78, 5) is 15.0. The summed E-state index contributed by atoms with van der Waals surface area (Å²) in [6.07, 6.45) is -3.28. The number of hydrogen-bond acceptors (Lipinski definition) is 3. The lowest BCUT2D eigenvalue weighted by molar-refractivity contribution is -0.137. The summed E-state index contributed by atoms with van der Waals surface area (Å²) in [7, 11) is 0. The number of imidazole rings is 1. The SMILES string of the molecule is CC(C)(C)c1nc2cc(C(F)(F)F)ccn2c1N=O. The van der Waals surface area contributed by atoms with E-state index in [0.717, 1.165) is 18.3 Å². The molecule has 102 valence electrons. The highest BCUT2D eigenvalue weighted by Crippen LogP contribution is 2.34. The Morgan fingerprint density at radius 3 is 2.37 bits per heavy atom. The van der Waals surface area contributed by atoms with Crippen molar-refractivity contribution in [2.75, 3.05) is 0 Å². The normalized spacial score (nSPS) is 12.9. The van der Waals surface area contributed by atoms with E-state index < -0.39 is 17.2 Å². The van der Waals surface area contributed by atoms with Crippen LogP contribution in [-0.2, 0) is 11.6 Å². The number of halogens is 3. The van der Waals surface area contributed by atoms with Gasteiger partial charge >= 0.3 is 6.18 Å². The Balaban J connectivity index is 2.73. The van der Waals surface area contributed by atoms with Gasteiger partial charge in [-0.25, -0.2) is 4.98 Å². The van der Waals surface area contributed by atoms with Gasteiger partial charge in [0.25, 0.3) is 0 Å². The van der Waals surface area contributed by atoms with Crippen molar-refractivity contribution in [3.8, 4) is 0 Å². The fourth-order valence-corrected chi connectivity index (χ4v) is 1.80. The molecule has 2 heterocycles. The quantitative estimate of drug-likeness (QED) is 0.734. The number of aromatic nitrogens is 2. The van der Waals surface area contributed by atoms with E-state index in [1.807, 2.05) is 20.8 Å². The van der Waals surface area contributed by atoms with Gasteiger partial charge < -0.3 is 0 Å². The van der Waals surface area contributed by atoms with Gasteiger partial charge in [-0.2, -0.15) is 13.2 Å².